The number of carbonyl (C=O) groups is 1. The standard InChI is InChI=1S/C14H6F8N2O2/c1-3(25)26-14(2,4-6(15)8(17)12(21)23-10(4)19)5-7(16)9(18)13(22)24-11(5)20/h1-2H3. The number of rotatable bonds is 3. The topological polar surface area (TPSA) is 52.1 Å². The molecule has 0 aliphatic carbocycles. The SMILES string of the molecule is CC(=O)OC(C)(c1c(F)nc(F)c(F)c1F)c1c(F)nc(F)c(F)c1F. The molecule has 0 saturated carbocycles. The van der Waals surface area contributed by atoms with Crippen LogP contribution >= 0.6 is 0 Å². The van der Waals surface area contributed by atoms with Gasteiger partial charge in [-0.15, -0.1) is 0 Å². The van der Waals surface area contributed by atoms with E-state index >= 15 is 0 Å². The molecule has 0 aliphatic rings. The van der Waals surface area contributed by atoms with Gasteiger partial charge in [-0.05, 0) is 6.92 Å². The van der Waals surface area contributed by atoms with Crippen LogP contribution in [0.4, 0.5) is 35.1 Å². The van der Waals surface area contributed by atoms with E-state index in [2.05, 4.69) is 14.7 Å². The zero-order valence-electron chi connectivity index (χ0n) is 12.7. The lowest BCUT2D eigenvalue weighted by Gasteiger charge is -2.30. The molecule has 26 heavy (non-hydrogen) atoms. The third-order valence-corrected chi connectivity index (χ3v) is 3.29. The van der Waals surface area contributed by atoms with Crippen molar-refractivity contribution in [2.45, 2.75) is 19.4 Å². The van der Waals surface area contributed by atoms with Crippen molar-refractivity contribution in [2.75, 3.05) is 0 Å². The van der Waals surface area contributed by atoms with Gasteiger partial charge in [-0.1, -0.05) is 0 Å². The van der Waals surface area contributed by atoms with Crippen LogP contribution < -0.4 is 0 Å². The van der Waals surface area contributed by atoms with E-state index in [0.29, 0.717) is 13.8 Å². The molecule has 0 aromatic carbocycles. The first-order valence-corrected chi connectivity index (χ1v) is 6.52. The lowest BCUT2D eigenvalue weighted by molar-refractivity contribution is -0.153. The summed E-state index contributed by atoms with van der Waals surface area (Å²) in [5.74, 6) is -19.7. The Morgan fingerprint density at radius 1 is 0.731 bits per heavy atom. The third-order valence-electron chi connectivity index (χ3n) is 3.29. The van der Waals surface area contributed by atoms with Crippen LogP contribution in [-0.4, -0.2) is 15.9 Å². The largest absolute Gasteiger partial charge is 0.449 e. The molecule has 2 rings (SSSR count). The molecule has 2 heterocycles. The molecule has 0 spiro atoms. The van der Waals surface area contributed by atoms with Gasteiger partial charge in [0.2, 0.25) is 23.5 Å². The Hall–Kier alpha value is -2.79. The molecule has 0 bridgehead atoms. The molecule has 0 fully saturated rings. The van der Waals surface area contributed by atoms with E-state index in [4.69, 9.17) is 0 Å². The summed E-state index contributed by atoms with van der Waals surface area (Å²) in [6.07, 6.45) is 0. The number of hydrogen-bond acceptors (Lipinski definition) is 4. The van der Waals surface area contributed by atoms with Crippen molar-refractivity contribution in [3.05, 3.63) is 58.2 Å². The minimum Gasteiger partial charge on any atom is -0.449 e. The van der Waals surface area contributed by atoms with Crippen molar-refractivity contribution in [1.29, 1.82) is 0 Å². The van der Waals surface area contributed by atoms with Crippen molar-refractivity contribution in [3.63, 3.8) is 0 Å². The molecule has 0 radical (unpaired) electrons. The van der Waals surface area contributed by atoms with Gasteiger partial charge < -0.3 is 4.74 Å². The van der Waals surface area contributed by atoms with Crippen LogP contribution in [0, 0.1) is 47.1 Å². The van der Waals surface area contributed by atoms with Gasteiger partial charge in [0.05, 0.1) is 11.1 Å². The smallest absolute Gasteiger partial charge is 0.303 e. The van der Waals surface area contributed by atoms with Gasteiger partial charge in [-0.3, -0.25) is 4.79 Å². The van der Waals surface area contributed by atoms with E-state index in [9.17, 15) is 39.9 Å². The van der Waals surface area contributed by atoms with Crippen LogP contribution in [0.15, 0.2) is 0 Å². The summed E-state index contributed by atoms with van der Waals surface area (Å²) < 4.78 is 113. The molecule has 0 atom stereocenters. The van der Waals surface area contributed by atoms with Crippen molar-refractivity contribution in [3.8, 4) is 0 Å². The maximum atomic E-state index is 14.1. The average molecular weight is 386 g/mol. The first kappa shape index (κ1) is 19.5. The van der Waals surface area contributed by atoms with Gasteiger partial charge >= 0.3 is 5.97 Å². The highest BCUT2D eigenvalue weighted by Gasteiger charge is 2.46. The molecule has 0 unspecified atom stereocenters. The zero-order valence-corrected chi connectivity index (χ0v) is 12.7. The third kappa shape index (κ3) is 2.95. The number of carbonyl (C=O) groups excluding carboxylic acids is 1. The Labute approximate surface area is 139 Å². The number of aromatic nitrogens is 2. The van der Waals surface area contributed by atoms with Crippen LogP contribution in [0.2, 0.25) is 0 Å². The number of ether oxygens (including phenoxy) is 1. The number of pyridine rings is 2. The Morgan fingerprint density at radius 3 is 1.38 bits per heavy atom. The predicted molar refractivity (Wildman–Crippen MR) is 66.4 cm³/mol. The van der Waals surface area contributed by atoms with Gasteiger partial charge in [-0.2, -0.15) is 36.3 Å². The Bertz CT molecular complexity index is 855. The van der Waals surface area contributed by atoms with Crippen LogP contribution in [0.25, 0.3) is 0 Å². The number of halogens is 8. The molecule has 0 N–H and O–H groups in total. The summed E-state index contributed by atoms with van der Waals surface area (Å²) in [6.45, 7) is 1.06. The second-order valence-electron chi connectivity index (χ2n) is 5.02. The molecule has 140 valence electrons. The maximum absolute atomic E-state index is 14.1. The van der Waals surface area contributed by atoms with E-state index < -0.39 is 69.8 Å². The molecule has 2 aromatic heterocycles. The van der Waals surface area contributed by atoms with Crippen molar-refractivity contribution in [2.24, 2.45) is 0 Å². The maximum Gasteiger partial charge on any atom is 0.303 e. The fourth-order valence-corrected chi connectivity index (χ4v) is 2.29. The van der Waals surface area contributed by atoms with Gasteiger partial charge in [-0.25, -0.2) is 8.78 Å². The molecular formula is C14H6F8N2O2. The van der Waals surface area contributed by atoms with E-state index in [0.717, 1.165) is 0 Å². The number of esters is 1. The first-order valence-electron chi connectivity index (χ1n) is 6.52. The van der Waals surface area contributed by atoms with Gasteiger partial charge in [0, 0.05) is 6.92 Å². The lowest BCUT2D eigenvalue weighted by atomic mass is 9.88. The molecule has 0 amide bonds. The minimum absolute atomic E-state index is 0.426. The Morgan fingerprint density at radius 2 is 1.08 bits per heavy atom. The molecule has 0 aliphatic heterocycles. The van der Waals surface area contributed by atoms with Crippen molar-refractivity contribution >= 4 is 5.97 Å². The fraction of sp³-hybridized carbons (Fsp3) is 0.214. The quantitative estimate of drug-likeness (QED) is 0.461. The lowest BCUT2D eigenvalue weighted by Crippen LogP contribution is -2.36. The predicted octanol–water partition coefficient (Wildman–Crippen LogP) is 3.42. The Kier molecular flexibility index (Phi) is 4.88. The fourth-order valence-electron chi connectivity index (χ4n) is 2.29. The molecule has 12 heteroatoms. The van der Waals surface area contributed by atoms with E-state index in [1.807, 2.05) is 0 Å². The second kappa shape index (κ2) is 6.50. The average Bonchev–Trinajstić information content (AvgIpc) is 2.49. The summed E-state index contributed by atoms with van der Waals surface area (Å²) >= 11 is 0. The minimum atomic E-state index is -3.25. The molecule has 2 aromatic rings. The van der Waals surface area contributed by atoms with E-state index in [1.165, 1.54) is 0 Å². The number of hydrogen-bond donors (Lipinski definition) is 0. The summed E-state index contributed by atoms with van der Waals surface area (Å²) in [5.41, 5.74) is -6.79. The summed E-state index contributed by atoms with van der Waals surface area (Å²) in [7, 11) is 0. The summed E-state index contributed by atoms with van der Waals surface area (Å²) in [6, 6.07) is 0. The van der Waals surface area contributed by atoms with Gasteiger partial charge in [0.1, 0.15) is 0 Å². The first-order chi connectivity index (χ1) is 11.9. The van der Waals surface area contributed by atoms with Crippen molar-refractivity contribution < 1.29 is 44.7 Å². The highest BCUT2D eigenvalue weighted by molar-refractivity contribution is 5.67. The van der Waals surface area contributed by atoms with Crippen LogP contribution in [-0.2, 0) is 15.1 Å². The highest BCUT2D eigenvalue weighted by Crippen LogP contribution is 2.40. The zero-order chi connectivity index (χ0) is 20.0. The molecular weight excluding hydrogens is 380 g/mol. The van der Waals surface area contributed by atoms with Gasteiger partial charge in [0.25, 0.3) is 11.9 Å². The second-order valence-corrected chi connectivity index (χ2v) is 5.02. The Balaban J connectivity index is 2.97. The molecule has 0 saturated heterocycles. The normalized spacial score (nSPS) is 11.6. The van der Waals surface area contributed by atoms with E-state index in [-0.39, 0.29) is 0 Å². The van der Waals surface area contributed by atoms with Crippen LogP contribution in [0.1, 0.15) is 25.0 Å². The van der Waals surface area contributed by atoms with Crippen molar-refractivity contribution in [1.82, 2.24) is 9.97 Å². The summed E-state index contributed by atoms with van der Waals surface area (Å²) in [4.78, 5) is 16.0. The molecule has 4 nitrogen and oxygen atoms in total. The highest BCUT2D eigenvalue weighted by atomic mass is 19.2. The van der Waals surface area contributed by atoms with Crippen LogP contribution in [0.3, 0.4) is 0 Å². The summed E-state index contributed by atoms with van der Waals surface area (Å²) in [5, 5.41) is 0. The van der Waals surface area contributed by atoms with Crippen LogP contribution in [0.5, 0.6) is 0 Å². The monoisotopic (exact) mass is 386 g/mol. The van der Waals surface area contributed by atoms with E-state index in [1.54, 1.807) is 0 Å². The number of nitrogens with zero attached hydrogens (tertiary/aromatic N) is 2. The van der Waals surface area contributed by atoms with Gasteiger partial charge in [0.15, 0.2) is 17.2 Å².